The number of nitrogens with one attached hydrogen (secondary N) is 1. The van der Waals surface area contributed by atoms with E-state index in [4.69, 9.17) is 4.74 Å². The average molecular weight is 419 g/mol. The van der Waals surface area contributed by atoms with Gasteiger partial charge in [-0.05, 0) is 31.0 Å². The predicted octanol–water partition coefficient (Wildman–Crippen LogP) is 2.09. The fraction of sp³-hybridized carbons (Fsp3) is 0.316. The summed E-state index contributed by atoms with van der Waals surface area (Å²) in [4.78, 5) is 23.0. The number of amides is 1. The minimum absolute atomic E-state index is 0.0153. The van der Waals surface area contributed by atoms with Crippen LogP contribution in [0.15, 0.2) is 59.5 Å². The van der Waals surface area contributed by atoms with Crippen LogP contribution in [0.25, 0.3) is 0 Å². The molecule has 0 bridgehead atoms. The van der Waals surface area contributed by atoms with Gasteiger partial charge in [-0.2, -0.15) is 0 Å². The SMILES string of the molecule is O=C(CN(c1cccc([N+](=O)[O-])c1)S(=O)(=O)c1ccccc1)NCC1CCCO1. The van der Waals surface area contributed by atoms with E-state index >= 15 is 0 Å². The van der Waals surface area contributed by atoms with Crippen LogP contribution in [0.2, 0.25) is 0 Å². The first-order chi connectivity index (χ1) is 13.9. The molecule has 0 aromatic heterocycles. The highest BCUT2D eigenvalue weighted by Crippen LogP contribution is 2.26. The lowest BCUT2D eigenvalue weighted by atomic mass is 10.2. The summed E-state index contributed by atoms with van der Waals surface area (Å²) in [5, 5.41) is 13.8. The number of benzene rings is 2. The van der Waals surface area contributed by atoms with Crippen molar-refractivity contribution in [3.63, 3.8) is 0 Å². The van der Waals surface area contributed by atoms with E-state index in [0.29, 0.717) is 6.61 Å². The van der Waals surface area contributed by atoms with E-state index in [1.54, 1.807) is 18.2 Å². The van der Waals surface area contributed by atoms with Gasteiger partial charge in [0.25, 0.3) is 15.7 Å². The smallest absolute Gasteiger partial charge is 0.271 e. The number of non-ortho nitro benzene ring substituents is 1. The lowest BCUT2D eigenvalue weighted by Crippen LogP contribution is -2.42. The van der Waals surface area contributed by atoms with Gasteiger partial charge in [-0.15, -0.1) is 0 Å². The Morgan fingerprint density at radius 1 is 1.21 bits per heavy atom. The molecule has 0 radical (unpaired) electrons. The lowest BCUT2D eigenvalue weighted by Gasteiger charge is -2.24. The number of carbonyl (C=O) groups is 1. The topological polar surface area (TPSA) is 119 Å². The summed E-state index contributed by atoms with van der Waals surface area (Å²) in [5.41, 5.74) is -0.231. The third-order valence-corrected chi connectivity index (χ3v) is 6.29. The molecule has 0 spiro atoms. The molecule has 1 atom stereocenters. The van der Waals surface area contributed by atoms with Crippen molar-refractivity contribution in [3.8, 4) is 0 Å². The standard InChI is InChI=1S/C19H21N3O6S/c23-19(20-13-17-8-5-11-28-17)14-21(15-6-4-7-16(12-15)22(24)25)29(26,27)18-9-2-1-3-10-18/h1-4,6-7,9-10,12,17H,5,8,11,13-14H2,(H,20,23). The zero-order valence-corrected chi connectivity index (χ0v) is 16.4. The number of rotatable bonds is 8. The highest BCUT2D eigenvalue weighted by molar-refractivity contribution is 7.92. The molecule has 10 heteroatoms. The molecule has 9 nitrogen and oxygen atoms in total. The molecule has 1 aliphatic rings. The predicted molar refractivity (Wildman–Crippen MR) is 106 cm³/mol. The van der Waals surface area contributed by atoms with Crippen molar-refractivity contribution in [2.24, 2.45) is 0 Å². The maximum atomic E-state index is 13.2. The third kappa shape index (κ3) is 5.09. The maximum absolute atomic E-state index is 13.2. The Morgan fingerprint density at radius 3 is 2.62 bits per heavy atom. The summed E-state index contributed by atoms with van der Waals surface area (Å²) in [6.07, 6.45) is 1.66. The number of nitro groups is 1. The fourth-order valence-electron chi connectivity index (χ4n) is 3.02. The minimum atomic E-state index is -4.11. The van der Waals surface area contributed by atoms with Gasteiger partial charge in [-0.1, -0.05) is 24.3 Å². The highest BCUT2D eigenvalue weighted by atomic mass is 32.2. The van der Waals surface area contributed by atoms with Gasteiger partial charge < -0.3 is 10.1 Å². The van der Waals surface area contributed by atoms with Crippen LogP contribution in [0.5, 0.6) is 0 Å². The molecule has 154 valence electrons. The quantitative estimate of drug-likeness (QED) is 0.517. The van der Waals surface area contributed by atoms with Gasteiger partial charge in [0.05, 0.1) is 21.6 Å². The number of nitro benzene ring substituents is 1. The molecule has 1 aliphatic heterocycles. The Hall–Kier alpha value is -2.98. The van der Waals surface area contributed by atoms with E-state index in [9.17, 15) is 23.3 Å². The minimum Gasteiger partial charge on any atom is -0.376 e. The van der Waals surface area contributed by atoms with Crippen LogP contribution in [-0.4, -0.2) is 45.0 Å². The van der Waals surface area contributed by atoms with E-state index in [2.05, 4.69) is 5.32 Å². The molecule has 1 fully saturated rings. The largest absolute Gasteiger partial charge is 0.376 e. The van der Waals surface area contributed by atoms with Crippen LogP contribution in [0.4, 0.5) is 11.4 Å². The van der Waals surface area contributed by atoms with Gasteiger partial charge >= 0.3 is 0 Å². The molecule has 1 N–H and O–H groups in total. The Morgan fingerprint density at radius 2 is 1.97 bits per heavy atom. The van der Waals surface area contributed by atoms with Crippen molar-refractivity contribution in [1.29, 1.82) is 0 Å². The number of carbonyl (C=O) groups excluding carboxylic acids is 1. The lowest BCUT2D eigenvalue weighted by molar-refractivity contribution is -0.384. The van der Waals surface area contributed by atoms with Crippen molar-refractivity contribution >= 4 is 27.3 Å². The summed E-state index contributed by atoms with van der Waals surface area (Å²) in [6, 6.07) is 12.8. The van der Waals surface area contributed by atoms with E-state index in [1.165, 1.54) is 30.3 Å². The van der Waals surface area contributed by atoms with Crippen molar-refractivity contribution in [2.45, 2.75) is 23.8 Å². The van der Waals surface area contributed by atoms with Crippen LogP contribution >= 0.6 is 0 Å². The second kappa shape index (κ2) is 9.01. The monoisotopic (exact) mass is 419 g/mol. The molecule has 0 saturated carbocycles. The van der Waals surface area contributed by atoms with Gasteiger partial charge in [0, 0.05) is 25.3 Å². The van der Waals surface area contributed by atoms with Crippen LogP contribution < -0.4 is 9.62 Å². The summed E-state index contributed by atoms with van der Waals surface area (Å²) in [5.74, 6) is -0.522. The summed E-state index contributed by atoms with van der Waals surface area (Å²) >= 11 is 0. The number of hydrogen-bond acceptors (Lipinski definition) is 6. The molecule has 29 heavy (non-hydrogen) atoms. The van der Waals surface area contributed by atoms with Crippen molar-refractivity contribution in [2.75, 3.05) is 24.0 Å². The fourth-order valence-corrected chi connectivity index (χ4v) is 4.45. The number of hydrogen-bond donors (Lipinski definition) is 1. The van der Waals surface area contributed by atoms with Crippen LogP contribution in [0.1, 0.15) is 12.8 Å². The molecule has 1 unspecified atom stereocenters. The van der Waals surface area contributed by atoms with E-state index in [0.717, 1.165) is 23.2 Å². The molecule has 1 amide bonds. The molecule has 3 rings (SSSR count). The first-order valence-electron chi connectivity index (χ1n) is 9.08. The zero-order chi connectivity index (χ0) is 20.9. The van der Waals surface area contributed by atoms with Gasteiger partial charge in [0.15, 0.2) is 0 Å². The molecular formula is C19H21N3O6S. The number of ether oxygens (including phenoxy) is 1. The molecule has 2 aromatic carbocycles. The molecule has 1 saturated heterocycles. The second-order valence-corrected chi connectivity index (χ2v) is 8.40. The first kappa shape index (κ1) is 20.7. The molecular weight excluding hydrogens is 398 g/mol. The van der Waals surface area contributed by atoms with Crippen LogP contribution in [-0.2, 0) is 19.6 Å². The van der Waals surface area contributed by atoms with Crippen molar-refractivity contribution in [1.82, 2.24) is 5.32 Å². The van der Waals surface area contributed by atoms with E-state index in [1.807, 2.05) is 0 Å². The normalized spacial score (nSPS) is 16.3. The molecule has 2 aromatic rings. The van der Waals surface area contributed by atoms with E-state index < -0.39 is 27.4 Å². The van der Waals surface area contributed by atoms with Crippen LogP contribution in [0, 0.1) is 10.1 Å². The summed E-state index contributed by atoms with van der Waals surface area (Å²) in [6.45, 7) is 0.418. The van der Waals surface area contributed by atoms with E-state index in [-0.39, 0.29) is 28.9 Å². The van der Waals surface area contributed by atoms with Gasteiger partial charge in [0.2, 0.25) is 5.91 Å². The van der Waals surface area contributed by atoms with Crippen molar-refractivity contribution in [3.05, 3.63) is 64.7 Å². The van der Waals surface area contributed by atoms with Gasteiger partial charge in [-0.25, -0.2) is 8.42 Å². The first-order valence-corrected chi connectivity index (χ1v) is 10.5. The Bertz CT molecular complexity index is 974. The van der Waals surface area contributed by atoms with Crippen LogP contribution in [0.3, 0.4) is 0 Å². The maximum Gasteiger partial charge on any atom is 0.271 e. The van der Waals surface area contributed by atoms with Gasteiger partial charge in [-0.3, -0.25) is 19.2 Å². The Kier molecular flexibility index (Phi) is 6.45. The summed E-state index contributed by atoms with van der Waals surface area (Å²) in [7, 11) is -4.11. The summed E-state index contributed by atoms with van der Waals surface area (Å²) < 4.78 is 32.6. The molecule has 0 aliphatic carbocycles. The number of nitrogens with zero attached hydrogens (tertiary/aromatic N) is 2. The second-order valence-electron chi connectivity index (χ2n) is 6.54. The third-order valence-electron chi connectivity index (χ3n) is 4.50. The Labute approximate surface area is 168 Å². The molecule has 1 heterocycles. The van der Waals surface area contributed by atoms with Gasteiger partial charge in [0.1, 0.15) is 6.54 Å². The number of sulfonamides is 1. The van der Waals surface area contributed by atoms with Crippen molar-refractivity contribution < 1.29 is 22.9 Å². The highest BCUT2D eigenvalue weighted by Gasteiger charge is 2.28. The Balaban J connectivity index is 1.88. The zero-order valence-electron chi connectivity index (χ0n) is 15.6. The number of anilines is 1. The average Bonchev–Trinajstić information content (AvgIpc) is 3.25.